The van der Waals surface area contributed by atoms with Crippen LogP contribution >= 0.6 is 11.3 Å². The Morgan fingerprint density at radius 1 is 1.10 bits per heavy atom. The van der Waals surface area contributed by atoms with Crippen molar-refractivity contribution in [1.82, 2.24) is 4.98 Å². The smallest absolute Gasteiger partial charge is 0.230 e. The number of rotatable bonds is 7. The fourth-order valence-electron chi connectivity index (χ4n) is 3.20. The molecule has 0 N–H and O–H groups in total. The van der Waals surface area contributed by atoms with Crippen molar-refractivity contribution in [2.24, 2.45) is 0 Å². The van der Waals surface area contributed by atoms with Gasteiger partial charge >= 0.3 is 0 Å². The summed E-state index contributed by atoms with van der Waals surface area (Å²) < 4.78 is 5.53. The van der Waals surface area contributed by atoms with Crippen LogP contribution in [-0.2, 0) is 4.79 Å². The van der Waals surface area contributed by atoms with Crippen molar-refractivity contribution in [3.8, 4) is 5.75 Å². The number of hydrogen-bond acceptors (Lipinski definition) is 5. The highest BCUT2D eigenvalue weighted by atomic mass is 32.1. The van der Waals surface area contributed by atoms with Gasteiger partial charge in [-0.3, -0.25) is 14.5 Å². The van der Waals surface area contributed by atoms with Gasteiger partial charge in [0.15, 0.2) is 10.9 Å². The van der Waals surface area contributed by atoms with Gasteiger partial charge in [-0.15, -0.1) is 11.3 Å². The maximum absolute atomic E-state index is 12.6. The lowest BCUT2D eigenvalue weighted by Crippen LogP contribution is -2.24. The Morgan fingerprint density at radius 3 is 2.47 bits per heavy atom. The summed E-state index contributed by atoms with van der Waals surface area (Å²) in [5, 5.41) is 2.40. The van der Waals surface area contributed by atoms with Crippen molar-refractivity contribution >= 4 is 39.9 Å². The second-order valence-electron chi connectivity index (χ2n) is 6.78. The van der Waals surface area contributed by atoms with E-state index >= 15 is 0 Å². The third-order valence-electron chi connectivity index (χ3n) is 4.54. The number of benzene rings is 2. The number of ether oxygens (including phenoxy) is 1. The first-order chi connectivity index (χ1) is 14.4. The number of anilines is 2. The van der Waals surface area contributed by atoms with Crippen LogP contribution in [0, 0.1) is 13.8 Å². The summed E-state index contributed by atoms with van der Waals surface area (Å²) in [5.41, 5.74) is 3.97. The number of amides is 1. The lowest BCUT2D eigenvalue weighted by atomic mass is 10.1. The highest BCUT2D eigenvalue weighted by molar-refractivity contribution is 7.14. The molecule has 0 fully saturated rings. The van der Waals surface area contributed by atoms with Crippen LogP contribution in [-0.4, -0.2) is 23.3 Å². The molecule has 5 nitrogen and oxygen atoms in total. The number of aryl methyl sites for hydroxylation is 2. The number of nitrogens with zero attached hydrogens (tertiary/aromatic N) is 2. The Kier molecular flexibility index (Phi) is 6.79. The Balaban J connectivity index is 1.87. The van der Waals surface area contributed by atoms with E-state index < -0.39 is 0 Å². The second-order valence-corrected chi connectivity index (χ2v) is 7.61. The molecule has 0 aliphatic heterocycles. The minimum Gasteiger partial charge on any atom is -0.493 e. The fraction of sp³-hybridized carbons (Fsp3) is 0.208. The summed E-state index contributed by atoms with van der Waals surface area (Å²) in [5.74, 6) is 0.289. The fourth-order valence-corrected chi connectivity index (χ4v) is 4.04. The zero-order valence-electron chi connectivity index (χ0n) is 17.5. The average molecular weight is 421 g/mol. The molecule has 0 bridgehead atoms. The minimum absolute atomic E-state index is 0.112. The van der Waals surface area contributed by atoms with Crippen LogP contribution in [0.2, 0.25) is 0 Å². The lowest BCUT2D eigenvalue weighted by molar-refractivity contribution is -0.115. The van der Waals surface area contributed by atoms with Crippen molar-refractivity contribution in [2.45, 2.75) is 27.7 Å². The van der Waals surface area contributed by atoms with Gasteiger partial charge in [0.25, 0.3) is 0 Å². The Labute approximate surface area is 180 Å². The van der Waals surface area contributed by atoms with Crippen LogP contribution in [0.5, 0.6) is 5.75 Å². The normalized spacial score (nSPS) is 10.9. The largest absolute Gasteiger partial charge is 0.493 e. The predicted octanol–water partition coefficient (Wildman–Crippen LogP) is 5.74. The summed E-state index contributed by atoms with van der Waals surface area (Å²) >= 11 is 1.36. The number of ketones is 1. The van der Waals surface area contributed by atoms with Crippen molar-refractivity contribution < 1.29 is 14.3 Å². The van der Waals surface area contributed by atoms with E-state index in [-0.39, 0.29) is 11.7 Å². The highest BCUT2D eigenvalue weighted by Gasteiger charge is 2.21. The topological polar surface area (TPSA) is 59.5 Å². The molecule has 0 unspecified atom stereocenters. The molecular weight excluding hydrogens is 396 g/mol. The highest BCUT2D eigenvalue weighted by Crippen LogP contribution is 2.34. The molecule has 1 aromatic heterocycles. The zero-order valence-corrected chi connectivity index (χ0v) is 18.3. The van der Waals surface area contributed by atoms with Gasteiger partial charge in [-0.25, -0.2) is 4.98 Å². The number of allylic oxidation sites excluding steroid dienone is 1. The van der Waals surface area contributed by atoms with E-state index in [9.17, 15) is 9.59 Å². The van der Waals surface area contributed by atoms with Crippen LogP contribution in [0.1, 0.15) is 41.0 Å². The van der Waals surface area contributed by atoms with Gasteiger partial charge < -0.3 is 4.74 Å². The Hall–Kier alpha value is -3.25. The molecule has 30 heavy (non-hydrogen) atoms. The van der Waals surface area contributed by atoms with E-state index in [1.807, 2.05) is 50.4 Å². The lowest BCUT2D eigenvalue weighted by Gasteiger charge is -2.22. The van der Waals surface area contributed by atoms with Crippen LogP contribution in [0.4, 0.5) is 10.8 Å². The van der Waals surface area contributed by atoms with Gasteiger partial charge in [-0.2, -0.15) is 0 Å². The first-order valence-corrected chi connectivity index (χ1v) is 10.6. The number of hydrogen-bond donors (Lipinski definition) is 0. The summed E-state index contributed by atoms with van der Waals surface area (Å²) in [4.78, 5) is 31.2. The quantitative estimate of drug-likeness (QED) is 0.361. The van der Waals surface area contributed by atoms with E-state index in [2.05, 4.69) is 4.98 Å². The Morgan fingerprint density at radius 2 is 1.80 bits per heavy atom. The van der Waals surface area contributed by atoms with Gasteiger partial charge in [-0.05, 0) is 56.2 Å². The number of para-hydroxylation sites is 2. The van der Waals surface area contributed by atoms with Crippen molar-refractivity contribution in [1.29, 1.82) is 0 Å². The number of thiazole rings is 1. The van der Waals surface area contributed by atoms with E-state index in [1.165, 1.54) is 24.3 Å². The molecule has 1 amide bonds. The standard InChI is InChI=1S/C24H24N2O3S/c1-5-29-22-12-7-6-11-20(22)21(28)14-13-19-15-30-24(25-19)26(18(4)27)23-16(2)9-8-10-17(23)3/h6-15H,5H2,1-4H3/b14-13+. The predicted molar refractivity (Wildman–Crippen MR) is 122 cm³/mol. The third kappa shape index (κ3) is 4.66. The van der Waals surface area contributed by atoms with E-state index in [4.69, 9.17) is 4.74 Å². The second kappa shape index (κ2) is 9.50. The van der Waals surface area contributed by atoms with E-state index in [0.717, 1.165) is 16.8 Å². The molecule has 3 rings (SSSR count). The molecule has 0 saturated carbocycles. The Bertz CT molecular complexity index is 1080. The van der Waals surface area contributed by atoms with Gasteiger partial charge in [0.05, 0.1) is 23.6 Å². The van der Waals surface area contributed by atoms with Crippen LogP contribution < -0.4 is 9.64 Å². The summed E-state index contributed by atoms with van der Waals surface area (Å²) in [7, 11) is 0. The summed E-state index contributed by atoms with van der Waals surface area (Å²) in [6.45, 7) is 7.84. The summed E-state index contributed by atoms with van der Waals surface area (Å²) in [6.07, 6.45) is 3.14. The molecule has 6 heteroatoms. The molecule has 0 atom stereocenters. The van der Waals surface area contributed by atoms with Gasteiger partial charge in [0, 0.05) is 12.3 Å². The maximum atomic E-state index is 12.6. The van der Waals surface area contributed by atoms with Gasteiger partial charge in [0.1, 0.15) is 5.75 Å². The minimum atomic E-state index is -0.160. The molecule has 154 valence electrons. The maximum Gasteiger partial charge on any atom is 0.230 e. The molecule has 2 aromatic carbocycles. The molecule has 1 heterocycles. The van der Waals surface area contributed by atoms with Crippen molar-refractivity contribution in [3.63, 3.8) is 0 Å². The molecular formula is C24H24N2O3S. The monoisotopic (exact) mass is 420 g/mol. The van der Waals surface area contributed by atoms with Gasteiger partial charge in [-0.1, -0.05) is 30.3 Å². The zero-order chi connectivity index (χ0) is 21.7. The van der Waals surface area contributed by atoms with Crippen LogP contribution in [0.25, 0.3) is 6.08 Å². The van der Waals surface area contributed by atoms with Crippen molar-refractivity contribution in [3.05, 3.63) is 76.3 Å². The molecule has 0 saturated heterocycles. The third-order valence-corrected chi connectivity index (χ3v) is 5.38. The van der Waals surface area contributed by atoms with E-state index in [0.29, 0.717) is 28.7 Å². The van der Waals surface area contributed by atoms with Crippen LogP contribution in [0.3, 0.4) is 0 Å². The molecule has 3 aromatic rings. The number of aromatic nitrogens is 1. The molecule has 0 radical (unpaired) electrons. The molecule has 0 aliphatic carbocycles. The molecule has 0 aliphatic rings. The van der Waals surface area contributed by atoms with E-state index in [1.54, 1.807) is 29.2 Å². The SMILES string of the molecule is CCOc1ccccc1C(=O)/C=C/c1csc(N(C(C)=O)c2c(C)cccc2C)n1. The average Bonchev–Trinajstić information content (AvgIpc) is 3.17. The summed E-state index contributed by atoms with van der Waals surface area (Å²) in [6, 6.07) is 13.1. The van der Waals surface area contributed by atoms with Gasteiger partial charge in [0.2, 0.25) is 5.91 Å². The number of carbonyl (C=O) groups is 2. The molecule has 0 spiro atoms. The first-order valence-electron chi connectivity index (χ1n) is 9.69. The number of carbonyl (C=O) groups excluding carboxylic acids is 2. The van der Waals surface area contributed by atoms with Crippen LogP contribution in [0.15, 0.2) is 53.9 Å². The van der Waals surface area contributed by atoms with Crippen molar-refractivity contribution in [2.75, 3.05) is 11.5 Å². The first kappa shape index (κ1) is 21.5.